The fourth-order valence-electron chi connectivity index (χ4n) is 1.60. The normalized spacial score (nSPS) is 11.4. The van der Waals surface area contributed by atoms with Crippen LogP contribution >= 0.6 is 0 Å². The van der Waals surface area contributed by atoms with Gasteiger partial charge in [-0.3, -0.25) is 0 Å². The predicted octanol–water partition coefficient (Wildman–Crippen LogP) is 0.959. The van der Waals surface area contributed by atoms with Gasteiger partial charge in [0.05, 0.1) is 12.3 Å². The third-order valence-electron chi connectivity index (χ3n) is 2.83. The Kier molecular flexibility index (Phi) is 6.18. The van der Waals surface area contributed by atoms with E-state index < -0.39 is 0 Å². The van der Waals surface area contributed by atoms with Gasteiger partial charge in [0.2, 0.25) is 0 Å². The second-order valence-corrected chi connectivity index (χ2v) is 4.28. The van der Waals surface area contributed by atoms with E-state index in [0.29, 0.717) is 0 Å². The van der Waals surface area contributed by atoms with Gasteiger partial charge in [-0.05, 0) is 20.9 Å². The van der Waals surface area contributed by atoms with Crippen molar-refractivity contribution < 1.29 is 9.26 Å². The Hall–Kier alpha value is -0.910. The highest BCUT2D eigenvalue weighted by atomic mass is 16.5. The number of hydrogen-bond donors (Lipinski definition) is 1. The van der Waals surface area contributed by atoms with E-state index in [0.717, 1.165) is 44.2 Å². The zero-order chi connectivity index (χ0) is 12.7. The molecule has 0 spiro atoms. The van der Waals surface area contributed by atoms with Gasteiger partial charge < -0.3 is 19.5 Å². The average molecular weight is 241 g/mol. The minimum atomic E-state index is 0.778. The van der Waals surface area contributed by atoms with Crippen molar-refractivity contribution in [3.63, 3.8) is 0 Å². The molecule has 0 saturated carbocycles. The number of aryl methyl sites for hydroxylation is 2. The number of likely N-dealkylation sites (N-methyl/N-ethyl adjacent to an activating group) is 1. The summed E-state index contributed by atoms with van der Waals surface area (Å²) in [5.41, 5.74) is 2.15. The summed E-state index contributed by atoms with van der Waals surface area (Å²) >= 11 is 0. The van der Waals surface area contributed by atoms with Crippen LogP contribution in [0, 0.1) is 13.8 Å². The number of aromatic nitrogens is 1. The summed E-state index contributed by atoms with van der Waals surface area (Å²) in [6.07, 6.45) is 0. The number of methoxy groups -OCH3 is 1. The SMILES string of the molecule is COCCN(C)CCNCc1c(C)noc1C. The van der Waals surface area contributed by atoms with E-state index in [1.54, 1.807) is 7.11 Å². The molecule has 0 saturated heterocycles. The van der Waals surface area contributed by atoms with Gasteiger partial charge in [-0.25, -0.2) is 0 Å². The molecule has 0 unspecified atom stereocenters. The molecule has 1 aromatic rings. The topological polar surface area (TPSA) is 50.5 Å². The fraction of sp³-hybridized carbons (Fsp3) is 0.750. The zero-order valence-corrected chi connectivity index (χ0v) is 11.2. The third-order valence-corrected chi connectivity index (χ3v) is 2.83. The van der Waals surface area contributed by atoms with Crippen molar-refractivity contribution >= 4 is 0 Å². The average Bonchev–Trinajstić information content (AvgIpc) is 2.62. The first kappa shape index (κ1) is 14.2. The maximum Gasteiger partial charge on any atom is 0.138 e. The summed E-state index contributed by atoms with van der Waals surface area (Å²) in [5, 5.41) is 7.32. The van der Waals surface area contributed by atoms with Crippen molar-refractivity contribution in [1.29, 1.82) is 0 Å². The standard InChI is InChI=1S/C12H23N3O2/c1-10-12(11(2)17-14-10)9-13-5-6-15(3)7-8-16-4/h13H,5-9H2,1-4H3. The molecule has 0 aromatic carbocycles. The summed E-state index contributed by atoms with van der Waals surface area (Å²) in [6.45, 7) is 8.43. The van der Waals surface area contributed by atoms with E-state index >= 15 is 0 Å². The summed E-state index contributed by atoms with van der Waals surface area (Å²) in [6, 6.07) is 0. The Bertz CT molecular complexity index is 306. The molecular formula is C12H23N3O2. The zero-order valence-electron chi connectivity index (χ0n) is 11.2. The molecule has 0 amide bonds. The molecule has 0 atom stereocenters. The molecule has 5 nitrogen and oxygen atoms in total. The summed E-state index contributed by atoms with van der Waals surface area (Å²) in [7, 11) is 3.82. The van der Waals surface area contributed by atoms with Crippen LogP contribution in [0.25, 0.3) is 0 Å². The monoisotopic (exact) mass is 241 g/mol. The molecule has 1 rings (SSSR count). The summed E-state index contributed by atoms with van der Waals surface area (Å²) in [4.78, 5) is 2.24. The minimum Gasteiger partial charge on any atom is -0.383 e. The molecule has 0 radical (unpaired) electrons. The van der Waals surface area contributed by atoms with Crippen LogP contribution in [0.2, 0.25) is 0 Å². The Morgan fingerprint density at radius 3 is 2.71 bits per heavy atom. The molecule has 0 fully saturated rings. The first-order valence-corrected chi connectivity index (χ1v) is 5.95. The van der Waals surface area contributed by atoms with Crippen molar-refractivity contribution in [1.82, 2.24) is 15.4 Å². The van der Waals surface area contributed by atoms with Crippen molar-refractivity contribution in [2.24, 2.45) is 0 Å². The van der Waals surface area contributed by atoms with Crippen molar-refractivity contribution in [3.8, 4) is 0 Å². The van der Waals surface area contributed by atoms with Crippen LogP contribution in [0.1, 0.15) is 17.0 Å². The lowest BCUT2D eigenvalue weighted by atomic mass is 10.2. The maximum atomic E-state index is 5.11. The Morgan fingerprint density at radius 2 is 2.12 bits per heavy atom. The molecule has 5 heteroatoms. The highest BCUT2D eigenvalue weighted by molar-refractivity contribution is 5.20. The molecule has 1 heterocycles. The van der Waals surface area contributed by atoms with Crippen molar-refractivity contribution in [2.75, 3.05) is 40.4 Å². The van der Waals surface area contributed by atoms with E-state index in [-0.39, 0.29) is 0 Å². The Balaban J connectivity index is 2.16. The van der Waals surface area contributed by atoms with Gasteiger partial charge in [-0.2, -0.15) is 0 Å². The number of rotatable bonds is 8. The molecule has 0 aliphatic heterocycles. The Morgan fingerprint density at radius 1 is 1.35 bits per heavy atom. The molecule has 1 aromatic heterocycles. The summed E-state index contributed by atoms with van der Waals surface area (Å²) in [5.74, 6) is 0.905. The number of nitrogens with zero attached hydrogens (tertiary/aromatic N) is 2. The lowest BCUT2D eigenvalue weighted by Gasteiger charge is -2.16. The lowest BCUT2D eigenvalue weighted by molar-refractivity contribution is 0.161. The van der Waals surface area contributed by atoms with E-state index in [4.69, 9.17) is 9.26 Å². The van der Waals surface area contributed by atoms with Gasteiger partial charge >= 0.3 is 0 Å². The van der Waals surface area contributed by atoms with Gasteiger partial charge in [-0.15, -0.1) is 0 Å². The van der Waals surface area contributed by atoms with Crippen LogP contribution in [0.4, 0.5) is 0 Å². The second kappa shape index (κ2) is 7.42. The molecule has 17 heavy (non-hydrogen) atoms. The van der Waals surface area contributed by atoms with Gasteiger partial charge in [0, 0.05) is 38.9 Å². The van der Waals surface area contributed by atoms with Crippen LogP contribution in [0.15, 0.2) is 4.52 Å². The molecule has 98 valence electrons. The van der Waals surface area contributed by atoms with Gasteiger partial charge in [0.25, 0.3) is 0 Å². The van der Waals surface area contributed by atoms with Crippen LogP contribution in [-0.4, -0.2) is 50.5 Å². The van der Waals surface area contributed by atoms with E-state index in [2.05, 4.69) is 22.4 Å². The molecular weight excluding hydrogens is 218 g/mol. The number of nitrogens with one attached hydrogen (secondary N) is 1. The predicted molar refractivity (Wildman–Crippen MR) is 67.1 cm³/mol. The van der Waals surface area contributed by atoms with Gasteiger partial charge in [0.15, 0.2) is 0 Å². The van der Waals surface area contributed by atoms with E-state index in [1.165, 1.54) is 5.56 Å². The lowest BCUT2D eigenvalue weighted by Crippen LogP contribution is -2.31. The van der Waals surface area contributed by atoms with Gasteiger partial charge in [-0.1, -0.05) is 5.16 Å². The first-order valence-electron chi connectivity index (χ1n) is 5.95. The van der Waals surface area contributed by atoms with Gasteiger partial charge in [0.1, 0.15) is 5.76 Å². The van der Waals surface area contributed by atoms with Crippen LogP contribution in [0.5, 0.6) is 0 Å². The largest absolute Gasteiger partial charge is 0.383 e. The Labute approximate surface area is 103 Å². The van der Waals surface area contributed by atoms with Crippen molar-refractivity contribution in [2.45, 2.75) is 20.4 Å². The highest BCUT2D eigenvalue weighted by Gasteiger charge is 2.07. The second-order valence-electron chi connectivity index (χ2n) is 4.28. The highest BCUT2D eigenvalue weighted by Crippen LogP contribution is 2.10. The molecule has 0 aliphatic rings. The van der Waals surface area contributed by atoms with Crippen LogP contribution in [0.3, 0.4) is 0 Å². The smallest absolute Gasteiger partial charge is 0.138 e. The number of ether oxygens (including phenoxy) is 1. The molecule has 0 bridgehead atoms. The molecule has 0 aliphatic carbocycles. The van der Waals surface area contributed by atoms with Crippen LogP contribution in [-0.2, 0) is 11.3 Å². The van der Waals surface area contributed by atoms with Crippen molar-refractivity contribution in [3.05, 3.63) is 17.0 Å². The van der Waals surface area contributed by atoms with Crippen LogP contribution < -0.4 is 5.32 Å². The van der Waals surface area contributed by atoms with E-state index in [9.17, 15) is 0 Å². The van der Waals surface area contributed by atoms with E-state index in [1.807, 2.05) is 13.8 Å². The maximum absolute atomic E-state index is 5.11. The number of hydrogen-bond acceptors (Lipinski definition) is 5. The fourth-order valence-corrected chi connectivity index (χ4v) is 1.60. The summed E-state index contributed by atoms with van der Waals surface area (Å²) < 4.78 is 10.1. The minimum absolute atomic E-state index is 0.778. The third kappa shape index (κ3) is 4.85. The quantitative estimate of drug-likeness (QED) is 0.687. The molecule has 1 N–H and O–H groups in total. The first-order chi connectivity index (χ1) is 8.15.